The highest BCUT2D eigenvalue weighted by Crippen LogP contribution is 2.17. The Labute approximate surface area is 124 Å². The fraction of sp³-hybridized carbons (Fsp3) is 0.500. The normalized spacial score (nSPS) is 18.5. The average molecular weight is 287 g/mol. The Morgan fingerprint density at radius 1 is 1.38 bits per heavy atom. The molecule has 1 unspecified atom stereocenters. The molecule has 0 bridgehead atoms. The van der Waals surface area contributed by atoms with Gasteiger partial charge in [-0.2, -0.15) is 0 Å². The maximum atomic E-state index is 5.76. The van der Waals surface area contributed by atoms with Crippen LogP contribution in [0.25, 0.3) is 0 Å². The molecule has 1 aliphatic rings. The zero-order chi connectivity index (χ0) is 14.5. The molecule has 2 aromatic heterocycles. The van der Waals surface area contributed by atoms with Gasteiger partial charge in [-0.15, -0.1) is 0 Å². The number of ether oxygens (including phenoxy) is 1. The lowest BCUT2D eigenvalue weighted by molar-refractivity contribution is 0.0670. The number of hydrogen-bond acceptors (Lipinski definition) is 5. The summed E-state index contributed by atoms with van der Waals surface area (Å²) in [6.45, 7) is 5.34. The van der Waals surface area contributed by atoms with Crippen molar-refractivity contribution in [3.05, 3.63) is 47.6 Å². The number of aryl methyl sites for hydroxylation is 1. The molecule has 0 radical (unpaired) electrons. The van der Waals surface area contributed by atoms with E-state index >= 15 is 0 Å². The molecule has 2 aromatic rings. The minimum atomic E-state index is 0.328. The molecule has 0 aliphatic carbocycles. The van der Waals surface area contributed by atoms with Crippen LogP contribution in [-0.4, -0.2) is 34.3 Å². The third-order valence-corrected chi connectivity index (χ3v) is 3.68. The first-order chi connectivity index (χ1) is 10.3. The van der Waals surface area contributed by atoms with Gasteiger partial charge in [0, 0.05) is 44.7 Å². The van der Waals surface area contributed by atoms with Crippen molar-refractivity contribution in [2.24, 2.45) is 0 Å². The molecular formula is C16H21N3O2. The van der Waals surface area contributed by atoms with Gasteiger partial charge in [-0.3, -0.25) is 9.88 Å². The Morgan fingerprint density at radius 3 is 3.00 bits per heavy atom. The second-order valence-corrected chi connectivity index (χ2v) is 5.59. The molecule has 1 saturated heterocycles. The van der Waals surface area contributed by atoms with Gasteiger partial charge in [0.05, 0.1) is 11.8 Å². The summed E-state index contributed by atoms with van der Waals surface area (Å²) in [6.07, 6.45) is 6.34. The van der Waals surface area contributed by atoms with E-state index in [0.717, 1.165) is 50.5 Å². The van der Waals surface area contributed by atoms with Crippen LogP contribution in [-0.2, 0) is 17.8 Å². The monoisotopic (exact) mass is 287 g/mol. The summed E-state index contributed by atoms with van der Waals surface area (Å²) in [5, 5.41) is 4.10. The zero-order valence-electron chi connectivity index (χ0n) is 12.4. The fourth-order valence-electron chi connectivity index (χ4n) is 2.73. The lowest BCUT2D eigenvalue weighted by Crippen LogP contribution is -2.31. The Hall–Kier alpha value is -1.72. The standard InChI is InChI=1S/C16H21N3O2/c1-13-8-15(18-21-13)11-19(12-16-5-3-7-20-16)10-14-4-2-6-17-9-14/h2,4,6,8-9,16H,3,5,7,10-12H2,1H3. The maximum Gasteiger partial charge on any atom is 0.133 e. The van der Waals surface area contributed by atoms with Crippen LogP contribution < -0.4 is 0 Å². The van der Waals surface area contributed by atoms with Gasteiger partial charge in [-0.1, -0.05) is 11.2 Å². The topological polar surface area (TPSA) is 51.4 Å². The van der Waals surface area contributed by atoms with Gasteiger partial charge in [-0.25, -0.2) is 0 Å². The second-order valence-electron chi connectivity index (χ2n) is 5.59. The number of aromatic nitrogens is 2. The van der Waals surface area contributed by atoms with Crippen molar-refractivity contribution in [1.29, 1.82) is 0 Å². The van der Waals surface area contributed by atoms with E-state index in [2.05, 4.69) is 21.1 Å². The molecule has 1 aliphatic heterocycles. The third-order valence-electron chi connectivity index (χ3n) is 3.68. The molecule has 0 amide bonds. The summed E-state index contributed by atoms with van der Waals surface area (Å²) in [5.74, 6) is 0.850. The van der Waals surface area contributed by atoms with E-state index < -0.39 is 0 Å². The quantitative estimate of drug-likeness (QED) is 0.817. The average Bonchev–Trinajstić information content (AvgIpc) is 3.12. The molecule has 5 nitrogen and oxygen atoms in total. The van der Waals surface area contributed by atoms with Crippen LogP contribution in [0.4, 0.5) is 0 Å². The summed E-state index contributed by atoms with van der Waals surface area (Å²) in [5.41, 5.74) is 2.17. The van der Waals surface area contributed by atoms with Crippen LogP contribution >= 0.6 is 0 Å². The maximum absolute atomic E-state index is 5.76. The molecule has 1 fully saturated rings. The van der Waals surface area contributed by atoms with E-state index in [1.165, 1.54) is 5.56 Å². The van der Waals surface area contributed by atoms with E-state index in [9.17, 15) is 0 Å². The number of nitrogens with zero attached hydrogens (tertiary/aromatic N) is 3. The molecule has 112 valence electrons. The Balaban J connectivity index is 1.67. The Kier molecular flexibility index (Phi) is 4.62. The van der Waals surface area contributed by atoms with Gasteiger partial charge in [0.1, 0.15) is 5.76 Å². The van der Waals surface area contributed by atoms with Gasteiger partial charge in [0.15, 0.2) is 0 Å². The van der Waals surface area contributed by atoms with Gasteiger partial charge < -0.3 is 9.26 Å². The van der Waals surface area contributed by atoms with E-state index in [4.69, 9.17) is 9.26 Å². The summed E-state index contributed by atoms with van der Waals surface area (Å²) in [6, 6.07) is 6.06. The highest BCUT2D eigenvalue weighted by atomic mass is 16.5. The third kappa shape index (κ3) is 4.12. The molecule has 0 spiro atoms. The minimum Gasteiger partial charge on any atom is -0.377 e. The lowest BCUT2D eigenvalue weighted by atomic mass is 10.2. The van der Waals surface area contributed by atoms with Crippen LogP contribution in [0.2, 0.25) is 0 Å². The van der Waals surface area contributed by atoms with Crippen molar-refractivity contribution in [2.45, 2.75) is 39.0 Å². The van der Waals surface area contributed by atoms with Crippen molar-refractivity contribution < 1.29 is 9.26 Å². The molecule has 0 aromatic carbocycles. The molecule has 0 saturated carbocycles. The molecule has 0 N–H and O–H groups in total. The molecule has 5 heteroatoms. The number of rotatable bonds is 6. The van der Waals surface area contributed by atoms with Crippen LogP contribution in [0.1, 0.15) is 29.9 Å². The van der Waals surface area contributed by atoms with Crippen molar-refractivity contribution in [3.8, 4) is 0 Å². The number of hydrogen-bond donors (Lipinski definition) is 0. The van der Waals surface area contributed by atoms with Crippen molar-refractivity contribution in [3.63, 3.8) is 0 Å². The predicted molar refractivity (Wildman–Crippen MR) is 78.6 cm³/mol. The summed E-state index contributed by atoms with van der Waals surface area (Å²) < 4.78 is 10.9. The predicted octanol–water partition coefficient (Wildman–Crippen LogP) is 2.56. The smallest absolute Gasteiger partial charge is 0.133 e. The zero-order valence-corrected chi connectivity index (χ0v) is 12.4. The lowest BCUT2D eigenvalue weighted by Gasteiger charge is -2.24. The van der Waals surface area contributed by atoms with Crippen LogP contribution in [0, 0.1) is 6.92 Å². The van der Waals surface area contributed by atoms with E-state index in [-0.39, 0.29) is 0 Å². The molecule has 3 heterocycles. The van der Waals surface area contributed by atoms with E-state index in [1.54, 1.807) is 6.20 Å². The second kappa shape index (κ2) is 6.83. The van der Waals surface area contributed by atoms with Gasteiger partial charge in [0.2, 0.25) is 0 Å². The fourth-order valence-corrected chi connectivity index (χ4v) is 2.73. The first kappa shape index (κ1) is 14.2. The molecule has 1 atom stereocenters. The van der Waals surface area contributed by atoms with Gasteiger partial charge in [-0.05, 0) is 31.4 Å². The van der Waals surface area contributed by atoms with Crippen molar-refractivity contribution >= 4 is 0 Å². The Morgan fingerprint density at radius 2 is 2.33 bits per heavy atom. The van der Waals surface area contributed by atoms with E-state index in [1.807, 2.05) is 25.3 Å². The van der Waals surface area contributed by atoms with Crippen LogP contribution in [0.15, 0.2) is 35.1 Å². The SMILES string of the molecule is Cc1cc(CN(Cc2cccnc2)CC2CCCO2)no1. The van der Waals surface area contributed by atoms with Crippen LogP contribution in [0.5, 0.6) is 0 Å². The molecule has 3 rings (SSSR count). The summed E-state index contributed by atoms with van der Waals surface area (Å²) in [7, 11) is 0. The minimum absolute atomic E-state index is 0.328. The Bertz CT molecular complexity index is 550. The summed E-state index contributed by atoms with van der Waals surface area (Å²) >= 11 is 0. The largest absolute Gasteiger partial charge is 0.377 e. The van der Waals surface area contributed by atoms with E-state index in [0.29, 0.717) is 6.10 Å². The van der Waals surface area contributed by atoms with Crippen molar-refractivity contribution in [2.75, 3.05) is 13.2 Å². The highest BCUT2D eigenvalue weighted by molar-refractivity contribution is 5.09. The molecular weight excluding hydrogens is 266 g/mol. The molecule has 21 heavy (non-hydrogen) atoms. The van der Waals surface area contributed by atoms with Crippen molar-refractivity contribution in [1.82, 2.24) is 15.0 Å². The first-order valence-corrected chi connectivity index (χ1v) is 7.44. The highest BCUT2D eigenvalue weighted by Gasteiger charge is 2.20. The van der Waals surface area contributed by atoms with Gasteiger partial charge in [0.25, 0.3) is 0 Å². The number of pyridine rings is 1. The summed E-state index contributed by atoms with van der Waals surface area (Å²) in [4.78, 5) is 6.54. The first-order valence-electron chi connectivity index (χ1n) is 7.44. The van der Waals surface area contributed by atoms with Gasteiger partial charge >= 0.3 is 0 Å². The van der Waals surface area contributed by atoms with Crippen LogP contribution in [0.3, 0.4) is 0 Å².